The van der Waals surface area contributed by atoms with E-state index in [0.717, 1.165) is 11.4 Å². The Hall–Kier alpha value is -2.70. The molecule has 132 valence electrons. The van der Waals surface area contributed by atoms with E-state index in [1.54, 1.807) is 30.5 Å². The maximum Gasteiger partial charge on any atom is 0.229 e. The Morgan fingerprint density at radius 3 is 2.62 bits per heavy atom. The summed E-state index contributed by atoms with van der Waals surface area (Å²) in [6.45, 7) is 1.09. The highest BCUT2D eigenvalue weighted by Gasteiger charge is 2.12. The van der Waals surface area contributed by atoms with E-state index < -0.39 is 0 Å². The van der Waals surface area contributed by atoms with Crippen LogP contribution in [0.25, 0.3) is 0 Å². The average molecular weight is 389 g/mol. The second kappa shape index (κ2) is 7.27. The maximum absolute atomic E-state index is 6.18. The predicted octanol–water partition coefficient (Wildman–Crippen LogP) is 5.04. The molecule has 1 aromatic heterocycles. The largest absolute Gasteiger partial charge is 0.486 e. The summed E-state index contributed by atoms with van der Waals surface area (Å²) in [4.78, 5) is 8.67. The minimum atomic E-state index is 0.435. The summed E-state index contributed by atoms with van der Waals surface area (Å²) in [6, 6.07) is 12.5. The number of ether oxygens (including phenoxy) is 2. The molecule has 2 N–H and O–H groups in total. The van der Waals surface area contributed by atoms with Gasteiger partial charge in [0.25, 0.3) is 0 Å². The van der Waals surface area contributed by atoms with Crippen molar-refractivity contribution in [3.8, 4) is 11.5 Å². The Morgan fingerprint density at radius 2 is 1.73 bits per heavy atom. The van der Waals surface area contributed by atoms with Crippen LogP contribution in [-0.4, -0.2) is 23.2 Å². The van der Waals surface area contributed by atoms with Gasteiger partial charge < -0.3 is 20.1 Å². The van der Waals surface area contributed by atoms with Crippen molar-refractivity contribution in [3.63, 3.8) is 0 Å². The molecule has 4 rings (SSSR count). The van der Waals surface area contributed by atoms with Crippen LogP contribution in [0.2, 0.25) is 10.0 Å². The van der Waals surface area contributed by atoms with Crippen molar-refractivity contribution >= 4 is 46.3 Å². The fourth-order valence-corrected chi connectivity index (χ4v) is 2.81. The monoisotopic (exact) mass is 388 g/mol. The topological polar surface area (TPSA) is 68.3 Å². The normalized spacial score (nSPS) is 12.5. The fourth-order valence-electron chi connectivity index (χ4n) is 2.47. The molecule has 0 spiro atoms. The molecule has 2 heterocycles. The van der Waals surface area contributed by atoms with Crippen molar-refractivity contribution in [1.29, 1.82) is 0 Å². The molecule has 1 aliphatic rings. The molecule has 0 aliphatic carbocycles. The third-order valence-electron chi connectivity index (χ3n) is 3.65. The average Bonchev–Trinajstić information content (AvgIpc) is 2.65. The van der Waals surface area contributed by atoms with Crippen LogP contribution < -0.4 is 20.1 Å². The summed E-state index contributed by atoms with van der Waals surface area (Å²) < 4.78 is 11.1. The van der Waals surface area contributed by atoms with Crippen molar-refractivity contribution in [2.45, 2.75) is 0 Å². The Labute approximate surface area is 160 Å². The van der Waals surface area contributed by atoms with Gasteiger partial charge in [-0.3, -0.25) is 0 Å². The maximum atomic E-state index is 6.18. The van der Waals surface area contributed by atoms with Gasteiger partial charge in [0, 0.05) is 23.0 Å². The number of nitrogens with one attached hydrogen (secondary N) is 2. The fraction of sp³-hybridized carbons (Fsp3) is 0.111. The summed E-state index contributed by atoms with van der Waals surface area (Å²) in [5.41, 5.74) is 1.47. The first-order chi connectivity index (χ1) is 12.7. The lowest BCUT2D eigenvalue weighted by atomic mass is 10.2. The van der Waals surface area contributed by atoms with Crippen molar-refractivity contribution < 1.29 is 9.47 Å². The Morgan fingerprint density at radius 1 is 0.885 bits per heavy atom. The van der Waals surface area contributed by atoms with Gasteiger partial charge in [-0.2, -0.15) is 4.98 Å². The summed E-state index contributed by atoms with van der Waals surface area (Å²) in [5, 5.41) is 7.42. The molecule has 0 atom stereocenters. The zero-order chi connectivity index (χ0) is 17.9. The van der Waals surface area contributed by atoms with E-state index in [4.69, 9.17) is 32.7 Å². The molecular weight excluding hydrogens is 375 g/mol. The van der Waals surface area contributed by atoms with Crippen LogP contribution in [0, 0.1) is 0 Å². The van der Waals surface area contributed by atoms with Crippen LogP contribution >= 0.6 is 23.2 Å². The van der Waals surface area contributed by atoms with Gasteiger partial charge in [0.05, 0.1) is 10.7 Å². The molecule has 0 unspecified atom stereocenters. The second-order valence-corrected chi connectivity index (χ2v) is 6.34. The van der Waals surface area contributed by atoms with Crippen LogP contribution in [0.3, 0.4) is 0 Å². The highest BCUT2D eigenvalue weighted by atomic mass is 35.5. The number of benzene rings is 2. The second-order valence-electron chi connectivity index (χ2n) is 5.50. The van der Waals surface area contributed by atoms with Crippen LogP contribution in [0.1, 0.15) is 0 Å². The number of fused-ring (bicyclic) bond motifs is 1. The number of nitrogens with zero attached hydrogens (tertiary/aromatic N) is 2. The van der Waals surface area contributed by atoms with Crippen molar-refractivity contribution in [2.24, 2.45) is 0 Å². The Balaban J connectivity index is 1.53. The van der Waals surface area contributed by atoms with Gasteiger partial charge in [0.2, 0.25) is 5.95 Å². The highest BCUT2D eigenvalue weighted by molar-refractivity contribution is 6.35. The van der Waals surface area contributed by atoms with E-state index >= 15 is 0 Å². The molecule has 0 fully saturated rings. The van der Waals surface area contributed by atoms with Crippen molar-refractivity contribution in [2.75, 3.05) is 23.8 Å². The third kappa shape index (κ3) is 3.76. The summed E-state index contributed by atoms with van der Waals surface area (Å²) in [7, 11) is 0. The number of halogens is 2. The van der Waals surface area contributed by atoms with E-state index in [1.807, 2.05) is 18.2 Å². The molecule has 8 heteroatoms. The number of anilines is 4. The van der Waals surface area contributed by atoms with Gasteiger partial charge in [-0.25, -0.2) is 4.98 Å². The molecule has 0 radical (unpaired) electrons. The van der Waals surface area contributed by atoms with Gasteiger partial charge in [-0.05, 0) is 36.4 Å². The minimum absolute atomic E-state index is 0.435. The third-order valence-corrected chi connectivity index (χ3v) is 4.21. The van der Waals surface area contributed by atoms with E-state index in [0.29, 0.717) is 46.5 Å². The molecule has 1 aliphatic heterocycles. The molecule has 26 heavy (non-hydrogen) atoms. The molecule has 0 saturated carbocycles. The zero-order valence-electron chi connectivity index (χ0n) is 13.5. The number of hydrogen-bond donors (Lipinski definition) is 2. The Bertz CT molecular complexity index is 952. The van der Waals surface area contributed by atoms with Gasteiger partial charge in [-0.15, -0.1) is 0 Å². The SMILES string of the molecule is Clc1ccc(Cl)c(Nc2ccnc(Nc3ccc4c(c3)OCCO4)n2)c1. The van der Waals surface area contributed by atoms with E-state index in [-0.39, 0.29) is 0 Å². The molecular formula is C18H14Cl2N4O2. The van der Waals surface area contributed by atoms with Gasteiger partial charge in [0.1, 0.15) is 19.0 Å². The number of hydrogen-bond acceptors (Lipinski definition) is 6. The summed E-state index contributed by atoms with van der Waals surface area (Å²) in [5.74, 6) is 2.45. The Kier molecular flexibility index (Phi) is 4.69. The molecule has 0 saturated heterocycles. The molecule has 0 amide bonds. The highest BCUT2D eigenvalue weighted by Crippen LogP contribution is 2.33. The molecule has 6 nitrogen and oxygen atoms in total. The predicted molar refractivity (Wildman–Crippen MR) is 102 cm³/mol. The van der Waals surface area contributed by atoms with Crippen LogP contribution in [0.5, 0.6) is 11.5 Å². The minimum Gasteiger partial charge on any atom is -0.486 e. The smallest absolute Gasteiger partial charge is 0.229 e. The summed E-state index contributed by atoms with van der Waals surface area (Å²) >= 11 is 12.2. The van der Waals surface area contributed by atoms with Gasteiger partial charge >= 0.3 is 0 Å². The lowest BCUT2D eigenvalue weighted by molar-refractivity contribution is 0.171. The van der Waals surface area contributed by atoms with Crippen LogP contribution in [-0.2, 0) is 0 Å². The number of rotatable bonds is 4. The van der Waals surface area contributed by atoms with Crippen LogP contribution in [0.4, 0.5) is 23.1 Å². The summed E-state index contributed by atoms with van der Waals surface area (Å²) in [6.07, 6.45) is 1.65. The zero-order valence-corrected chi connectivity index (χ0v) is 15.0. The molecule has 0 bridgehead atoms. The quantitative estimate of drug-likeness (QED) is 0.652. The molecule has 2 aromatic carbocycles. The standard InChI is InChI=1S/C18H14Cl2N4O2/c19-11-1-3-13(20)14(9-11)23-17-5-6-21-18(24-17)22-12-2-4-15-16(10-12)26-8-7-25-15/h1-6,9-10H,7-8H2,(H2,21,22,23,24). The van der Waals surface area contributed by atoms with Crippen molar-refractivity contribution in [3.05, 3.63) is 58.7 Å². The van der Waals surface area contributed by atoms with Gasteiger partial charge in [-0.1, -0.05) is 23.2 Å². The number of aromatic nitrogens is 2. The molecule has 3 aromatic rings. The first kappa shape index (κ1) is 16.8. The first-order valence-electron chi connectivity index (χ1n) is 7.89. The van der Waals surface area contributed by atoms with Crippen LogP contribution in [0.15, 0.2) is 48.7 Å². The first-order valence-corrected chi connectivity index (χ1v) is 8.65. The van der Waals surface area contributed by atoms with Gasteiger partial charge in [0.15, 0.2) is 11.5 Å². The van der Waals surface area contributed by atoms with E-state index in [9.17, 15) is 0 Å². The lowest BCUT2D eigenvalue weighted by Gasteiger charge is -2.19. The lowest BCUT2D eigenvalue weighted by Crippen LogP contribution is -2.15. The van der Waals surface area contributed by atoms with Crippen molar-refractivity contribution in [1.82, 2.24) is 9.97 Å². The van der Waals surface area contributed by atoms with E-state index in [2.05, 4.69) is 20.6 Å². The van der Waals surface area contributed by atoms with E-state index in [1.165, 1.54) is 0 Å².